The highest BCUT2D eigenvalue weighted by molar-refractivity contribution is 5.45. The Balaban J connectivity index is 1.91. The summed E-state index contributed by atoms with van der Waals surface area (Å²) in [6, 6.07) is 6.09. The van der Waals surface area contributed by atoms with E-state index in [-0.39, 0.29) is 6.10 Å². The first-order valence-electron chi connectivity index (χ1n) is 6.85. The van der Waals surface area contributed by atoms with Crippen molar-refractivity contribution in [2.45, 2.75) is 38.9 Å². The first-order chi connectivity index (χ1) is 9.15. The van der Waals surface area contributed by atoms with Gasteiger partial charge in [-0.3, -0.25) is 0 Å². The summed E-state index contributed by atoms with van der Waals surface area (Å²) < 4.78 is 17.0. The predicted molar refractivity (Wildman–Crippen MR) is 73.4 cm³/mol. The minimum absolute atomic E-state index is 0.0794. The van der Waals surface area contributed by atoms with Gasteiger partial charge in [-0.15, -0.1) is 0 Å². The molecule has 102 valence electrons. The first-order valence-corrected chi connectivity index (χ1v) is 6.85. The van der Waals surface area contributed by atoms with Gasteiger partial charge in [0.1, 0.15) is 0 Å². The summed E-state index contributed by atoms with van der Waals surface area (Å²) in [5.41, 5.74) is 2.35. The van der Waals surface area contributed by atoms with Gasteiger partial charge in [0.05, 0.1) is 12.2 Å². The third-order valence-corrected chi connectivity index (χ3v) is 3.99. The molecule has 0 aliphatic carbocycles. The number of hydrogen-bond donors (Lipinski definition) is 0. The minimum atomic E-state index is 0.0794. The molecule has 3 atom stereocenters. The van der Waals surface area contributed by atoms with Crippen LogP contribution in [0.25, 0.3) is 0 Å². The zero-order valence-corrected chi connectivity index (χ0v) is 11.5. The van der Waals surface area contributed by atoms with Gasteiger partial charge in [-0.25, -0.2) is 0 Å². The summed E-state index contributed by atoms with van der Waals surface area (Å²) in [6.07, 6.45) is 2.61. The highest BCUT2D eigenvalue weighted by Gasteiger charge is 2.32. The smallest absolute Gasteiger partial charge is 0.231 e. The average Bonchev–Trinajstić information content (AvgIpc) is 2.85. The fraction of sp³-hybridized carbons (Fsp3) is 0.500. The van der Waals surface area contributed by atoms with E-state index in [9.17, 15) is 0 Å². The summed E-state index contributed by atoms with van der Waals surface area (Å²) in [4.78, 5) is 0. The fourth-order valence-electron chi connectivity index (χ4n) is 2.88. The number of benzene rings is 1. The normalized spacial score (nSPS) is 29.3. The maximum absolute atomic E-state index is 6.15. The van der Waals surface area contributed by atoms with Crippen LogP contribution in [0.4, 0.5) is 0 Å². The van der Waals surface area contributed by atoms with E-state index in [1.807, 2.05) is 12.1 Å². The molecule has 3 heteroatoms. The zero-order valence-electron chi connectivity index (χ0n) is 11.5. The van der Waals surface area contributed by atoms with Gasteiger partial charge in [0.25, 0.3) is 0 Å². The standard InChI is InChI=1S/C16H20O3/c1-10(2)13-6-4-11(3)19-16(13)12-5-7-14-15(8-12)18-9-17-14/h5,7-8,11,13,16H,1,4,6,9H2,2-3H3. The highest BCUT2D eigenvalue weighted by Crippen LogP contribution is 2.42. The van der Waals surface area contributed by atoms with E-state index in [0.29, 0.717) is 18.8 Å². The number of hydrogen-bond acceptors (Lipinski definition) is 3. The average molecular weight is 260 g/mol. The Labute approximate surface area is 114 Å². The van der Waals surface area contributed by atoms with Crippen molar-refractivity contribution in [3.05, 3.63) is 35.9 Å². The van der Waals surface area contributed by atoms with Crippen molar-refractivity contribution >= 4 is 0 Å². The van der Waals surface area contributed by atoms with Crippen LogP contribution in [-0.2, 0) is 4.74 Å². The third kappa shape index (κ3) is 2.35. The third-order valence-electron chi connectivity index (χ3n) is 3.99. The lowest BCUT2D eigenvalue weighted by Crippen LogP contribution is -2.28. The number of rotatable bonds is 2. The van der Waals surface area contributed by atoms with Crippen molar-refractivity contribution in [3.63, 3.8) is 0 Å². The Hall–Kier alpha value is -1.48. The molecule has 0 amide bonds. The van der Waals surface area contributed by atoms with Gasteiger partial charge in [-0.1, -0.05) is 18.2 Å². The van der Waals surface area contributed by atoms with Crippen molar-refractivity contribution in [3.8, 4) is 11.5 Å². The molecule has 2 aliphatic heterocycles. The molecular weight excluding hydrogens is 240 g/mol. The maximum atomic E-state index is 6.15. The van der Waals surface area contributed by atoms with Gasteiger partial charge in [0, 0.05) is 5.92 Å². The Kier molecular flexibility index (Phi) is 3.23. The summed E-state index contributed by atoms with van der Waals surface area (Å²) >= 11 is 0. The van der Waals surface area contributed by atoms with Crippen molar-refractivity contribution < 1.29 is 14.2 Å². The van der Waals surface area contributed by atoms with Gasteiger partial charge < -0.3 is 14.2 Å². The second-order valence-electron chi connectivity index (χ2n) is 5.51. The van der Waals surface area contributed by atoms with E-state index in [4.69, 9.17) is 14.2 Å². The van der Waals surface area contributed by atoms with E-state index in [1.54, 1.807) is 0 Å². The molecular formula is C16H20O3. The van der Waals surface area contributed by atoms with Crippen molar-refractivity contribution in [1.29, 1.82) is 0 Å². The van der Waals surface area contributed by atoms with E-state index in [0.717, 1.165) is 29.9 Å². The molecule has 0 spiro atoms. The molecule has 2 heterocycles. The molecule has 1 saturated heterocycles. The molecule has 0 bridgehead atoms. The number of fused-ring (bicyclic) bond motifs is 1. The van der Waals surface area contributed by atoms with Gasteiger partial charge >= 0.3 is 0 Å². The van der Waals surface area contributed by atoms with Crippen molar-refractivity contribution in [2.24, 2.45) is 5.92 Å². The molecule has 0 aromatic heterocycles. The lowest BCUT2D eigenvalue weighted by molar-refractivity contribution is -0.0672. The molecule has 19 heavy (non-hydrogen) atoms. The van der Waals surface area contributed by atoms with Gasteiger partial charge in [0.15, 0.2) is 11.5 Å². The molecule has 0 radical (unpaired) electrons. The summed E-state index contributed by atoms with van der Waals surface area (Å²) in [5.74, 6) is 2.02. The van der Waals surface area contributed by atoms with Gasteiger partial charge in [-0.2, -0.15) is 0 Å². The van der Waals surface area contributed by atoms with E-state index < -0.39 is 0 Å². The van der Waals surface area contributed by atoms with Crippen LogP contribution < -0.4 is 9.47 Å². The highest BCUT2D eigenvalue weighted by atomic mass is 16.7. The van der Waals surface area contributed by atoms with E-state index in [1.165, 1.54) is 5.57 Å². The topological polar surface area (TPSA) is 27.7 Å². The summed E-state index contributed by atoms with van der Waals surface area (Å²) in [5, 5.41) is 0. The largest absolute Gasteiger partial charge is 0.454 e. The molecule has 3 unspecified atom stereocenters. The van der Waals surface area contributed by atoms with Crippen LogP contribution in [0.2, 0.25) is 0 Å². The van der Waals surface area contributed by atoms with E-state index in [2.05, 4.69) is 26.5 Å². The molecule has 1 aromatic rings. The van der Waals surface area contributed by atoms with E-state index >= 15 is 0 Å². The Bertz CT molecular complexity index is 495. The van der Waals surface area contributed by atoms with Crippen molar-refractivity contribution in [1.82, 2.24) is 0 Å². The van der Waals surface area contributed by atoms with Crippen LogP contribution in [0.5, 0.6) is 11.5 Å². The molecule has 0 saturated carbocycles. The second kappa shape index (κ2) is 4.89. The summed E-state index contributed by atoms with van der Waals surface area (Å²) in [6.45, 7) is 8.65. The molecule has 3 nitrogen and oxygen atoms in total. The monoisotopic (exact) mass is 260 g/mol. The molecule has 3 rings (SSSR count). The molecule has 0 N–H and O–H groups in total. The Morgan fingerprint density at radius 2 is 2.00 bits per heavy atom. The molecule has 2 aliphatic rings. The van der Waals surface area contributed by atoms with Gasteiger partial charge in [0.2, 0.25) is 6.79 Å². The van der Waals surface area contributed by atoms with Crippen LogP contribution in [0.15, 0.2) is 30.4 Å². The lowest BCUT2D eigenvalue weighted by Gasteiger charge is -2.36. The fourth-order valence-corrected chi connectivity index (χ4v) is 2.88. The van der Waals surface area contributed by atoms with Crippen LogP contribution in [-0.4, -0.2) is 12.9 Å². The zero-order chi connectivity index (χ0) is 13.4. The van der Waals surface area contributed by atoms with Crippen LogP contribution in [0.3, 0.4) is 0 Å². The first kappa shape index (κ1) is 12.5. The predicted octanol–water partition coefficient (Wildman–Crippen LogP) is 3.85. The van der Waals surface area contributed by atoms with Crippen molar-refractivity contribution in [2.75, 3.05) is 6.79 Å². The quantitative estimate of drug-likeness (QED) is 0.756. The second-order valence-corrected chi connectivity index (χ2v) is 5.51. The summed E-state index contributed by atoms with van der Waals surface area (Å²) in [7, 11) is 0. The van der Waals surface area contributed by atoms with Gasteiger partial charge in [-0.05, 0) is 44.4 Å². The SMILES string of the molecule is C=C(C)C1CCC(C)OC1c1ccc2c(c1)OCO2. The van der Waals surface area contributed by atoms with Crippen LogP contribution >= 0.6 is 0 Å². The Morgan fingerprint density at radius 3 is 2.79 bits per heavy atom. The Morgan fingerprint density at radius 1 is 1.21 bits per heavy atom. The lowest BCUT2D eigenvalue weighted by atomic mass is 9.83. The minimum Gasteiger partial charge on any atom is -0.454 e. The maximum Gasteiger partial charge on any atom is 0.231 e. The molecule has 1 fully saturated rings. The van der Waals surface area contributed by atoms with Crippen LogP contribution in [0, 0.1) is 5.92 Å². The van der Waals surface area contributed by atoms with Crippen LogP contribution in [0.1, 0.15) is 38.4 Å². The number of ether oxygens (including phenoxy) is 3. The molecule has 1 aromatic carbocycles.